The molecule has 0 spiro atoms. The van der Waals surface area contributed by atoms with E-state index < -0.39 is 11.8 Å². The highest BCUT2D eigenvalue weighted by atomic mass is 35.5. The number of carbonyl (C=O) groups is 2. The Labute approximate surface area is 183 Å². The lowest BCUT2D eigenvalue weighted by Gasteiger charge is -2.10. The average molecular weight is 444 g/mol. The van der Waals surface area contributed by atoms with Crippen LogP contribution in [0, 0.1) is 13.8 Å². The van der Waals surface area contributed by atoms with Gasteiger partial charge in [0, 0.05) is 38.9 Å². The molecule has 0 bridgehead atoms. The number of benzene rings is 1. The van der Waals surface area contributed by atoms with Crippen molar-refractivity contribution in [3.63, 3.8) is 0 Å². The Morgan fingerprint density at radius 3 is 2.50 bits per heavy atom. The molecule has 0 radical (unpaired) electrons. The SMILES string of the molecule is Cc1cc(/C=N\NC(=O)C(=O)NCc2ccccn2)c(C)n1-c1cc(Cl)cc(Cl)c1. The molecule has 0 aliphatic heterocycles. The van der Waals surface area contributed by atoms with Crippen LogP contribution in [0.1, 0.15) is 22.6 Å². The van der Waals surface area contributed by atoms with Crippen molar-refractivity contribution in [3.05, 3.63) is 81.4 Å². The third-order valence-corrected chi connectivity index (χ3v) is 4.74. The average Bonchev–Trinajstić information content (AvgIpc) is 2.99. The molecule has 3 aromatic rings. The largest absolute Gasteiger partial charge is 0.342 e. The number of hydrogen-bond donors (Lipinski definition) is 2. The normalized spacial score (nSPS) is 10.9. The summed E-state index contributed by atoms with van der Waals surface area (Å²) in [5.41, 5.74) is 6.29. The van der Waals surface area contributed by atoms with Gasteiger partial charge >= 0.3 is 11.8 Å². The van der Waals surface area contributed by atoms with Crippen LogP contribution in [0.5, 0.6) is 0 Å². The number of halogens is 2. The lowest BCUT2D eigenvalue weighted by atomic mass is 10.2. The first-order valence-corrected chi connectivity index (χ1v) is 9.77. The molecule has 9 heteroatoms. The van der Waals surface area contributed by atoms with Gasteiger partial charge < -0.3 is 9.88 Å². The number of amides is 2. The summed E-state index contributed by atoms with van der Waals surface area (Å²) >= 11 is 12.2. The van der Waals surface area contributed by atoms with Gasteiger partial charge in [0.1, 0.15) is 0 Å². The first-order valence-electron chi connectivity index (χ1n) is 9.01. The van der Waals surface area contributed by atoms with Crippen molar-refractivity contribution < 1.29 is 9.59 Å². The fourth-order valence-electron chi connectivity index (χ4n) is 2.95. The van der Waals surface area contributed by atoms with Gasteiger partial charge in [0.25, 0.3) is 0 Å². The Morgan fingerprint density at radius 2 is 1.83 bits per heavy atom. The maximum Gasteiger partial charge on any atom is 0.329 e. The van der Waals surface area contributed by atoms with E-state index in [1.54, 1.807) is 30.5 Å². The van der Waals surface area contributed by atoms with E-state index in [-0.39, 0.29) is 6.54 Å². The van der Waals surface area contributed by atoms with Crippen molar-refractivity contribution in [2.75, 3.05) is 0 Å². The summed E-state index contributed by atoms with van der Waals surface area (Å²) in [6.07, 6.45) is 3.09. The minimum atomic E-state index is -0.863. The van der Waals surface area contributed by atoms with Gasteiger partial charge in [0.05, 0.1) is 18.5 Å². The molecule has 0 aliphatic carbocycles. The highest BCUT2D eigenvalue weighted by molar-refractivity contribution is 6.35. The van der Waals surface area contributed by atoms with E-state index in [4.69, 9.17) is 23.2 Å². The van der Waals surface area contributed by atoms with Gasteiger partial charge in [-0.05, 0) is 50.2 Å². The molecule has 0 unspecified atom stereocenters. The fraction of sp³-hybridized carbons (Fsp3) is 0.143. The number of aromatic nitrogens is 2. The van der Waals surface area contributed by atoms with Crippen LogP contribution < -0.4 is 10.7 Å². The number of carbonyl (C=O) groups excluding carboxylic acids is 2. The van der Waals surface area contributed by atoms with Crippen LogP contribution in [0.3, 0.4) is 0 Å². The molecule has 2 heterocycles. The smallest absolute Gasteiger partial charge is 0.329 e. The van der Waals surface area contributed by atoms with Gasteiger partial charge in [0.15, 0.2) is 0 Å². The molecule has 3 rings (SSSR count). The third kappa shape index (κ3) is 5.25. The van der Waals surface area contributed by atoms with Crippen LogP contribution in [0.15, 0.2) is 53.8 Å². The summed E-state index contributed by atoms with van der Waals surface area (Å²) in [5.74, 6) is -1.66. The van der Waals surface area contributed by atoms with Crippen LogP contribution in [-0.2, 0) is 16.1 Å². The maximum absolute atomic E-state index is 11.9. The number of hydrazone groups is 1. The summed E-state index contributed by atoms with van der Waals surface area (Å²) < 4.78 is 1.97. The highest BCUT2D eigenvalue weighted by Crippen LogP contribution is 2.25. The Morgan fingerprint density at radius 1 is 1.10 bits per heavy atom. The predicted octanol–water partition coefficient (Wildman–Crippen LogP) is 3.56. The van der Waals surface area contributed by atoms with E-state index in [0.717, 1.165) is 22.6 Å². The molecular formula is C21H19Cl2N5O2. The second kappa shape index (κ2) is 9.56. The molecule has 0 saturated carbocycles. The van der Waals surface area contributed by atoms with Crippen LogP contribution >= 0.6 is 23.2 Å². The van der Waals surface area contributed by atoms with E-state index in [1.807, 2.05) is 36.6 Å². The summed E-state index contributed by atoms with van der Waals surface area (Å²) in [6, 6.07) is 12.5. The maximum atomic E-state index is 11.9. The summed E-state index contributed by atoms with van der Waals surface area (Å²) in [5, 5.41) is 7.45. The van der Waals surface area contributed by atoms with Crippen molar-refractivity contribution in [2.45, 2.75) is 20.4 Å². The van der Waals surface area contributed by atoms with E-state index in [2.05, 4.69) is 20.8 Å². The molecule has 0 aliphatic rings. The first-order chi connectivity index (χ1) is 14.3. The Kier molecular flexibility index (Phi) is 6.87. The van der Waals surface area contributed by atoms with Gasteiger partial charge in [-0.15, -0.1) is 0 Å². The lowest BCUT2D eigenvalue weighted by molar-refractivity contribution is -0.139. The molecular weight excluding hydrogens is 425 g/mol. The van der Waals surface area contributed by atoms with Crippen LogP contribution in [0.4, 0.5) is 0 Å². The van der Waals surface area contributed by atoms with Crippen molar-refractivity contribution >= 4 is 41.2 Å². The summed E-state index contributed by atoms with van der Waals surface area (Å²) in [7, 11) is 0. The van der Waals surface area contributed by atoms with Gasteiger partial charge in [-0.1, -0.05) is 29.3 Å². The van der Waals surface area contributed by atoms with Gasteiger partial charge in [-0.2, -0.15) is 5.10 Å². The van der Waals surface area contributed by atoms with Crippen molar-refractivity contribution in [1.82, 2.24) is 20.3 Å². The molecule has 2 N–H and O–H groups in total. The van der Waals surface area contributed by atoms with Crippen LogP contribution in [0.25, 0.3) is 5.69 Å². The van der Waals surface area contributed by atoms with E-state index in [1.165, 1.54) is 6.21 Å². The zero-order valence-electron chi connectivity index (χ0n) is 16.3. The quantitative estimate of drug-likeness (QED) is 0.358. The molecule has 2 aromatic heterocycles. The number of hydrogen-bond acceptors (Lipinski definition) is 4. The summed E-state index contributed by atoms with van der Waals surface area (Å²) in [4.78, 5) is 27.9. The minimum absolute atomic E-state index is 0.153. The number of rotatable bonds is 5. The molecule has 154 valence electrons. The fourth-order valence-corrected chi connectivity index (χ4v) is 3.46. The molecule has 0 fully saturated rings. The zero-order chi connectivity index (χ0) is 21.7. The van der Waals surface area contributed by atoms with Gasteiger partial charge in [-0.3, -0.25) is 14.6 Å². The Bertz CT molecular complexity index is 1090. The second-order valence-corrected chi connectivity index (χ2v) is 7.37. The van der Waals surface area contributed by atoms with Crippen molar-refractivity contribution in [1.29, 1.82) is 0 Å². The molecule has 0 saturated heterocycles. The van der Waals surface area contributed by atoms with Crippen LogP contribution in [0.2, 0.25) is 10.0 Å². The summed E-state index contributed by atoms with van der Waals surface area (Å²) in [6.45, 7) is 3.99. The Hall–Kier alpha value is -3.16. The van der Waals surface area contributed by atoms with E-state index in [0.29, 0.717) is 15.7 Å². The number of pyridine rings is 1. The van der Waals surface area contributed by atoms with E-state index in [9.17, 15) is 9.59 Å². The lowest BCUT2D eigenvalue weighted by Crippen LogP contribution is -2.37. The number of aryl methyl sites for hydroxylation is 1. The third-order valence-electron chi connectivity index (χ3n) is 4.31. The molecule has 2 amide bonds. The van der Waals surface area contributed by atoms with Crippen molar-refractivity contribution in [3.8, 4) is 5.69 Å². The Balaban J connectivity index is 1.65. The van der Waals surface area contributed by atoms with Crippen molar-refractivity contribution in [2.24, 2.45) is 5.10 Å². The molecule has 0 atom stereocenters. The monoisotopic (exact) mass is 443 g/mol. The second-order valence-electron chi connectivity index (χ2n) is 6.49. The minimum Gasteiger partial charge on any atom is -0.342 e. The van der Waals surface area contributed by atoms with Gasteiger partial charge in [-0.25, -0.2) is 5.43 Å². The first kappa shape index (κ1) is 21.5. The topological polar surface area (TPSA) is 88.4 Å². The molecule has 1 aromatic carbocycles. The van der Waals surface area contributed by atoms with Crippen LogP contribution in [-0.4, -0.2) is 27.6 Å². The van der Waals surface area contributed by atoms with E-state index >= 15 is 0 Å². The predicted molar refractivity (Wildman–Crippen MR) is 117 cm³/mol. The number of nitrogens with one attached hydrogen (secondary N) is 2. The molecule has 30 heavy (non-hydrogen) atoms. The molecule has 7 nitrogen and oxygen atoms in total. The standard InChI is InChI=1S/C21H19Cl2N5O2/c1-13-7-15(14(2)28(13)19-9-16(22)8-17(23)10-19)11-26-27-21(30)20(29)25-12-18-5-3-4-6-24-18/h3-11H,12H2,1-2H3,(H,25,29)(H,27,30)/b26-11-. The number of nitrogens with zero attached hydrogens (tertiary/aromatic N) is 3. The highest BCUT2D eigenvalue weighted by Gasteiger charge is 2.13. The zero-order valence-corrected chi connectivity index (χ0v) is 17.8. The van der Waals surface area contributed by atoms with Gasteiger partial charge in [0.2, 0.25) is 0 Å².